The number of para-hydroxylation sites is 1. The van der Waals surface area contributed by atoms with Crippen molar-refractivity contribution < 1.29 is 0 Å². The van der Waals surface area contributed by atoms with Gasteiger partial charge in [0.15, 0.2) is 0 Å². The molecule has 3 rings (SSSR count). The predicted octanol–water partition coefficient (Wildman–Crippen LogP) is 4.11. The molecular formula is C17H18BrN3. The van der Waals surface area contributed by atoms with Gasteiger partial charge in [-0.05, 0) is 24.6 Å². The molecule has 0 saturated carbocycles. The molecule has 0 aliphatic rings. The van der Waals surface area contributed by atoms with Crippen LogP contribution in [-0.2, 0) is 19.6 Å². The maximum Gasteiger partial charge on any atom is 0.0841 e. The number of halogens is 1. The molecule has 0 bridgehead atoms. The van der Waals surface area contributed by atoms with E-state index in [-0.39, 0.29) is 0 Å². The van der Waals surface area contributed by atoms with Gasteiger partial charge in [-0.15, -0.1) is 0 Å². The van der Waals surface area contributed by atoms with E-state index in [2.05, 4.69) is 75.3 Å². The van der Waals surface area contributed by atoms with Crippen molar-refractivity contribution in [1.82, 2.24) is 15.1 Å². The molecular weight excluding hydrogens is 326 g/mol. The molecule has 0 radical (unpaired) electrons. The Labute approximate surface area is 133 Å². The fraction of sp³-hybridized carbons (Fsp3) is 0.235. The lowest BCUT2D eigenvalue weighted by Gasteiger charge is -2.05. The van der Waals surface area contributed by atoms with Crippen LogP contribution in [0.1, 0.15) is 18.2 Å². The molecule has 1 N–H and O–H groups in total. The Morgan fingerprint density at radius 3 is 2.62 bits per heavy atom. The molecule has 1 aromatic heterocycles. The van der Waals surface area contributed by atoms with Gasteiger partial charge in [0.25, 0.3) is 0 Å². The highest BCUT2D eigenvalue weighted by Gasteiger charge is 2.08. The van der Waals surface area contributed by atoms with Crippen LogP contribution in [0.5, 0.6) is 0 Å². The molecule has 4 heteroatoms. The van der Waals surface area contributed by atoms with E-state index >= 15 is 0 Å². The minimum atomic E-state index is 0.773. The standard InChI is InChI=1S/C17H18BrN3/c1-2-21-17-10-6-4-8-14(17)16(20-21)12-19-11-13-7-3-5-9-15(13)18/h3-10,19H,2,11-12H2,1H3. The fourth-order valence-electron chi connectivity index (χ4n) is 2.53. The second-order valence-corrected chi connectivity index (χ2v) is 5.83. The van der Waals surface area contributed by atoms with E-state index in [4.69, 9.17) is 5.10 Å². The number of rotatable bonds is 5. The van der Waals surface area contributed by atoms with Gasteiger partial charge >= 0.3 is 0 Å². The molecule has 0 fully saturated rings. The minimum absolute atomic E-state index is 0.773. The largest absolute Gasteiger partial charge is 0.307 e. The first kappa shape index (κ1) is 14.3. The second-order valence-electron chi connectivity index (χ2n) is 4.97. The van der Waals surface area contributed by atoms with Crippen molar-refractivity contribution in [3.05, 3.63) is 64.3 Å². The predicted molar refractivity (Wildman–Crippen MR) is 90.1 cm³/mol. The Morgan fingerprint density at radius 1 is 1.05 bits per heavy atom. The normalized spacial score (nSPS) is 11.1. The van der Waals surface area contributed by atoms with E-state index in [0.29, 0.717) is 0 Å². The Bertz CT molecular complexity index is 749. The summed E-state index contributed by atoms with van der Waals surface area (Å²) in [4.78, 5) is 0. The third-order valence-electron chi connectivity index (χ3n) is 3.60. The van der Waals surface area contributed by atoms with Crippen molar-refractivity contribution >= 4 is 26.8 Å². The number of nitrogens with one attached hydrogen (secondary N) is 1. The lowest BCUT2D eigenvalue weighted by molar-refractivity contribution is 0.631. The SMILES string of the molecule is CCn1nc(CNCc2ccccc2Br)c2ccccc21. The molecule has 0 aliphatic carbocycles. The van der Waals surface area contributed by atoms with Gasteiger partial charge < -0.3 is 5.32 Å². The highest BCUT2D eigenvalue weighted by atomic mass is 79.9. The summed E-state index contributed by atoms with van der Waals surface area (Å²) in [7, 11) is 0. The van der Waals surface area contributed by atoms with Crippen molar-refractivity contribution in [2.24, 2.45) is 0 Å². The van der Waals surface area contributed by atoms with Crippen LogP contribution in [0.2, 0.25) is 0 Å². The van der Waals surface area contributed by atoms with Gasteiger partial charge in [0, 0.05) is 29.5 Å². The average Bonchev–Trinajstić information content (AvgIpc) is 2.88. The molecule has 2 aromatic carbocycles. The van der Waals surface area contributed by atoms with Crippen molar-refractivity contribution in [2.75, 3.05) is 0 Å². The van der Waals surface area contributed by atoms with E-state index in [1.807, 2.05) is 6.07 Å². The molecule has 0 aliphatic heterocycles. The average molecular weight is 344 g/mol. The van der Waals surface area contributed by atoms with Crippen molar-refractivity contribution in [3.63, 3.8) is 0 Å². The summed E-state index contributed by atoms with van der Waals surface area (Å²) < 4.78 is 3.20. The van der Waals surface area contributed by atoms with Gasteiger partial charge in [-0.25, -0.2) is 0 Å². The summed E-state index contributed by atoms with van der Waals surface area (Å²) in [5.74, 6) is 0. The van der Waals surface area contributed by atoms with Gasteiger partial charge in [0.2, 0.25) is 0 Å². The molecule has 0 spiro atoms. The Balaban J connectivity index is 1.75. The smallest absolute Gasteiger partial charge is 0.0841 e. The van der Waals surface area contributed by atoms with Crippen LogP contribution in [-0.4, -0.2) is 9.78 Å². The van der Waals surface area contributed by atoms with Crippen LogP contribution in [0.25, 0.3) is 10.9 Å². The van der Waals surface area contributed by atoms with E-state index in [1.165, 1.54) is 16.5 Å². The Kier molecular flexibility index (Phi) is 4.36. The zero-order valence-electron chi connectivity index (χ0n) is 12.0. The van der Waals surface area contributed by atoms with Crippen molar-refractivity contribution in [3.8, 4) is 0 Å². The summed E-state index contributed by atoms with van der Waals surface area (Å²) in [6, 6.07) is 16.7. The summed E-state index contributed by atoms with van der Waals surface area (Å²) >= 11 is 3.58. The monoisotopic (exact) mass is 343 g/mol. The zero-order chi connectivity index (χ0) is 14.7. The first-order chi connectivity index (χ1) is 10.3. The highest BCUT2D eigenvalue weighted by Crippen LogP contribution is 2.19. The molecule has 21 heavy (non-hydrogen) atoms. The van der Waals surface area contributed by atoms with Crippen LogP contribution in [0.15, 0.2) is 53.0 Å². The number of nitrogens with zero attached hydrogens (tertiary/aromatic N) is 2. The maximum atomic E-state index is 4.70. The van der Waals surface area contributed by atoms with Gasteiger partial charge in [-0.1, -0.05) is 52.3 Å². The summed E-state index contributed by atoms with van der Waals surface area (Å²) in [5, 5.41) is 9.42. The molecule has 0 atom stereocenters. The van der Waals surface area contributed by atoms with Gasteiger partial charge in [-0.3, -0.25) is 4.68 Å². The quantitative estimate of drug-likeness (QED) is 0.755. The lowest BCUT2D eigenvalue weighted by atomic mass is 10.2. The number of aromatic nitrogens is 2. The molecule has 0 saturated heterocycles. The van der Waals surface area contributed by atoms with Gasteiger partial charge in [-0.2, -0.15) is 5.10 Å². The first-order valence-corrected chi connectivity index (χ1v) is 7.97. The topological polar surface area (TPSA) is 29.9 Å². The molecule has 1 heterocycles. The van der Waals surface area contributed by atoms with Gasteiger partial charge in [0.05, 0.1) is 11.2 Å². The van der Waals surface area contributed by atoms with Crippen LogP contribution >= 0.6 is 15.9 Å². The molecule has 108 valence electrons. The number of aryl methyl sites for hydroxylation is 1. The number of benzene rings is 2. The van der Waals surface area contributed by atoms with Gasteiger partial charge in [0.1, 0.15) is 0 Å². The summed E-state index contributed by atoms with van der Waals surface area (Å²) in [5.41, 5.74) is 3.58. The lowest BCUT2D eigenvalue weighted by Crippen LogP contribution is -2.14. The Hall–Kier alpha value is -1.65. The summed E-state index contributed by atoms with van der Waals surface area (Å²) in [6.07, 6.45) is 0. The molecule has 0 amide bonds. The zero-order valence-corrected chi connectivity index (χ0v) is 13.6. The van der Waals surface area contributed by atoms with Crippen LogP contribution < -0.4 is 5.32 Å². The second kappa shape index (κ2) is 6.41. The van der Waals surface area contributed by atoms with Crippen molar-refractivity contribution in [2.45, 2.75) is 26.6 Å². The Morgan fingerprint density at radius 2 is 1.81 bits per heavy atom. The molecule has 3 nitrogen and oxygen atoms in total. The summed E-state index contributed by atoms with van der Waals surface area (Å²) in [6.45, 7) is 4.62. The number of hydrogen-bond donors (Lipinski definition) is 1. The third-order valence-corrected chi connectivity index (χ3v) is 4.37. The minimum Gasteiger partial charge on any atom is -0.307 e. The first-order valence-electron chi connectivity index (χ1n) is 7.18. The number of hydrogen-bond acceptors (Lipinski definition) is 2. The van der Waals surface area contributed by atoms with E-state index in [9.17, 15) is 0 Å². The van der Waals surface area contributed by atoms with Crippen LogP contribution in [0, 0.1) is 0 Å². The molecule has 3 aromatic rings. The maximum absolute atomic E-state index is 4.70. The third kappa shape index (κ3) is 3.01. The molecule has 0 unspecified atom stereocenters. The van der Waals surface area contributed by atoms with E-state index < -0.39 is 0 Å². The fourth-order valence-corrected chi connectivity index (χ4v) is 2.95. The van der Waals surface area contributed by atoms with Crippen LogP contribution in [0.4, 0.5) is 0 Å². The van der Waals surface area contributed by atoms with Crippen LogP contribution in [0.3, 0.4) is 0 Å². The number of fused-ring (bicyclic) bond motifs is 1. The highest BCUT2D eigenvalue weighted by molar-refractivity contribution is 9.10. The van der Waals surface area contributed by atoms with E-state index in [1.54, 1.807) is 0 Å². The van der Waals surface area contributed by atoms with E-state index in [0.717, 1.165) is 29.8 Å². The van der Waals surface area contributed by atoms with Crippen molar-refractivity contribution in [1.29, 1.82) is 0 Å².